The van der Waals surface area contributed by atoms with Crippen LogP contribution in [0.1, 0.15) is 19.8 Å². The van der Waals surface area contributed by atoms with Crippen molar-refractivity contribution in [2.24, 2.45) is 10.7 Å². The number of likely N-dealkylation sites (tertiary alicyclic amines) is 1. The third kappa shape index (κ3) is 7.93. The largest absolute Gasteiger partial charge is 0.370 e. The highest BCUT2D eigenvalue weighted by molar-refractivity contribution is 14.0. The predicted octanol–water partition coefficient (Wildman–Crippen LogP) is 0.0376. The van der Waals surface area contributed by atoms with E-state index in [1.807, 2.05) is 0 Å². The number of guanidine groups is 1. The van der Waals surface area contributed by atoms with E-state index < -0.39 is 9.84 Å². The summed E-state index contributed by atoms with van der Waals surface area (Å²) in [7, 11) is -2.94. The summed E-state index contributed by atoms with van der Waals surface area (Å²) in [6.45, 7) is 5.33. The normalized spacial score (nSPS) is 21.2. The van der Waals surface area contributed by atoms with Crippen molar-refractivity contribution in [1.82, 2.24) is 10.2 Å². The van der Waals surface area contributed by atoms with Gasteiger partial charge in [0.1, 0.15) is 9.84 Å². The fourth-order valence-corrected chi connectivity index (χ4v) is 2.62. The van der Waals surface area contributed by atoms with E-state index in [4.69, 9.17) is 5.73 Å². The fraction of sp³-hybridized carbons (Fsp3) is 0.909. The number of nitrogens with zero attached hydrogens (tertiary/aromatic N) is 2. The number of nitrogens with two attached hydrogens (primary N) is 1. The van der Waals surface area contributed by atoms with Crippen LogP contribution in [0, 0.1) is 0 Å². The van der Waals surface area contributed by atoms with Gasteiger partial charge in [0.25, 0.3) is 0 Å². The van der Waals surface area contributed by atoms with E-state index in [-0.39, 0.29) is 29.7 Å². The van der Waals surface area contributed by atoms with Gasteiger partial charge < -0.3 is 11.1 Å². The van der Waals surface area contributed by atoms with Crippen molar-refractivity contribution in [3.8, 4) is 0 Å². The van der Waals surface area contributed by atoms with Crippen LogP contribution in [0.25, 0.3) is 0 Å². The van der Waals surface area contributed by atoms with E-state index in [0.717, 1.165) is 19.5 Å². The zero-order chi connectivity index (χ0) is 13.6. The molecule has 0 aromatic rings. The minimum Gasteiger partial charge on any atom is -0.370 e. The van der Waals surface area contributed by atoms with E-state index in [9.17, 15) is 8.42 Å². The van der Waals surface area contributed by atoms with Crippen molar-refractivity contribution >= 4 is 39.8 Å². The molecule has 1 atom stereocenters. The van der Waals surface area contributed by atoms with Gasteiger partial charge in [0.2, 0.25) is 0 Å². The van der Waals surface area contributed by atoms with Gasteiger partial charge in [-0.25, -0.2) is 8.42 Å². The zero-order valence-corrected chi connectivity index (χ0v) is 14.8. The number of likely N-dealkylation sites (N-methyl/N-ethyl adjacent to an activating group) is 1. The van der Waals surface area contributed by atoms with Crippen molar-refractivity contribution in [3.63, 3.8) is 0 Å². The summed E-state index contributed by atoms with van der Waals surface area (Å²) in [5, 5.41) is 2.83. The summed E-state index contributed by atoms with van der Waals surface area (Å²) in [6.07, 6.45) is 3.59. The summed E-state index contributed by atoms with van der Waals surface area (Å²) in [5.74, 6) is 0.412. The van der Waals surface area contributed by atoms with Gasteiger partial charge in [-0.05, 0) is 25.9 Å². The van der Waals surface area contributed by atoms with E-state index >= 15 is 0 Å². The molecule has 0 amide bonds. The highest BCUT2D eigenvalue weighted by Crippen LogP contribution is 2.16. The van der Waals surface area contributed by atoms with Gasteiger partial charge in [0.05, 0.1) is 12.3 Å². The van der Waals surface area contributed by atoms with Crippen LogP contribution < -0.4 is 11.1 Å². The van der Waals surface area contributed by atoms with E-state index in [0.29, 0.717) is 25.1 Å². The first-order chi connectivity index (χ1) is 8.42. The number of hydrogen-bond acceptors (Lipinski definition) is 4. The maximum absolute atomic E-state index is 10.9. The minimum absolute atomic E-state index is 0. The Labute approximate surface area is 133 Å². The van der Waals surface area contributed by atoms with Crippen LogP contribution in [0.2, 0.25) is 0 Å². The third-order valence-electron chi connectivity index (χ3n) is 3.16. The highest BCUT2D eigenvalue weighted by Gasteiger charge is 2.22. The fourth-order valence-electron chi connectivity index (χ4n) is 2.14. The lowest BCUT2D eigenvalue weighted by atomic mass is 10.2. The number of hydrogen-bond donors (Lipinski definition) is 2. The second-order valence-electron chi connectivity index (χ2n) is 4.71. The monoisotopic (exact) mass is 404 g/mol. The molecule has 1 rings (SSSR count). The van der Waals surface area contributed by atoms with Gasteiger partial charge in [-0.15, -0.1) is 24.0 Å². The number of aliphatic imine (C=N–C) groups is 1. The van der Waals surface area contributed by atoms with Crippen LogP contribution in [0.15, 0.2) is 4.99 Å². The smallest absolute Gasteiger partial charge is 0.188 e. The first-order valence-electron chi connectivity index (χ1n) is 6.38. The molecular weight excluding hydrogens is 379 g/mol. The lowest BCUT2D eigenvalue weighted by Crippen LogP contribution is -2.37. The van der Waals surface area contributed by atoms with Crippen LogP contribution in [-0.4, -0.2) is 63.5 Å². The van der Waals surface area contributed by atoms with Crippen molar-refractivity contribution in [3.05, 3.63) is 0 Å². The Balaban J connectivity index is 0.00000324. The summed E-state index contributed by atoms with van der Waals surface area (Å²) in [5.41, 5.74) is 5.69. The number of rotatable bonds is 6. The average Bonchev–Trinajstić information content (AvgIpc) is 2.71. The lowest BCUT2D eigenvalue weighted by molar-refractivity contribution is 0.273. The van der Waals surface area contributed by atoms with Crippen LogP contribution >= 0.6 is 24.0 Å². The van der Waals surface area contributed by atoms with E-state index in [2.05, 4.69) is 22.1 Å². The molecule has 0 spiro atoms. The molecule has 19 heavy (non-hydrogen) atoms. The molecule has 0 bridgehead atoms. The van der Waals surface area contributed by atoms with Crippen molar-refractivity contribution in [1.29, 1.82) is 0 Å². The molecule has 1 heterocycles. The molecule has 0 aromatic carbocycles. The topological polar surface area (TPSA) is 87.8 Å². The molecule has 0 aliphatic carbocycles. The minimum atomic E-state index is -2.94. The van der Waals surface area contributed by atoms with Gasteiger partial charge in [-0.3, -0.25) is 9.89 Å². The summed E-state index contributed by atoms with van der Waals surface area (Å²) >= 11 is 0. The van der Waals surface area contributed by atoms with Crippen LogP contribution in [-0.2, 0) is 9.84 Å². The van der Waals surface area contributed by atoms with Gasteiger partial charge in [-0.2, -0.15) is 0 Å². The molecular formula is C11H25IN4O2S. The Morgan fingerprint density at radius 3 is 2.79 bits per heavy atom. The molecule has 1 fully saturated rings. The molecule has 1 aliphatic rings. The first kappa shape index (κ1) is 18.9. The highest BCUT2D eigenvalue weighted by atomic mass is 127. The molecule has 1 unspecified atom stereocenters. The predicted molar refractivity (Wildman–Crippen MR) is 89.9 cm³/mol. The summed E-state index contributed by atoms with van der Waals surface area (Å²) in [6, 6.07) is 0.477. The zero-order valence-electron chi connectivity index (χ0n) is 11.6. The van der Waals surface area contributed by atoms with E-state index in [1.165, 1.54) is 12.7 Å². The molecule has 0 aromatic heterocycles. The van der Waals surface area contributed by atoms with Crippen LogP contribution in [0.3, 0.4) is 0 Å². The Bertz CT molecular complexity index is 386. The van der Waals surface area contributed by atoms with Gasteiger partial charge in [0, 0.05) is 18.8 Å². The average molecular weight is 404 g/mol. The maximum atomic E-state index is 10.9. The molecule has 114 valence electrons. The second-order valence-corrected chi connectivity index (χ2v) is 6.97. The second kappa shape index (κ2) is 8.96. The number of nitrogens with one attached hydrogen (secondary N) is 1. The first-order valence-corrected chi connectivity index (χ1v) is 8.44. The molecule has 1 aliphatic heterocycles. The van der Waals surface area contributed by atoms with Crippen molar-refractivity contribution < 1.29 is 8.42 Å². The van der Waals surface area contributed by atoms with Gasteiger partial charge in [-0.1, -0.05) is 6.92 Å². The summed E-state index contributed by atoms with van der Waals surface area (Å²) in [4.78, 5) is 6.67. The standard InChI is InChI=1S/C11H24N4O2S.HI/c1-3-15-7-4-5-10(15)9-14-11(12)13-6-8-18(2,16)17;/h10H,3-9H2,1-2H3,(H3,12,13,14);1H. The van der Waals surface area contributed by atoms with Crippen molar-refractivity contribution in [2.45, 2.75) is 25.8 Å². The SMILES string of the molecule is CCN1CCCC1CN=C(N)NCCS(C)(=O)=O.I. The third-order valence-corrected chi connectivity index (χ3v) is 4.10. The maximum Gasteiger partial charge on any atom is 0.188 e. The van der Waals surface area contributed by atoms with Crippen LogP contribution in [0.5, 0.6) is 0 Å². The number of halogens is 1. The van der Waals surface area contributed by atoms with Gasteiger partial charge in [0.15, 0.2) is 5.96 Å². The molecule has 6 nitrogen and oxygen atoms in total. The quantitative estimate of drug-likeness (QED) is 0.371. The van der Waals surface area contributed by atoms with E-state index in [1.54, 1.807) is 0 Å². The van der Waals surface area contributed by atoms with Gasteiger partial charge >= 0.3 is 0 Å². The Hall–Kier alpha value is -0.0900. The molecule has 0 saturated carbocycles. The number of sulfone groups is 1. The molecule has 0 radical (unpaired) electrons. The van der Waals surface area contributed by atoms with Crippen LogP contribution in [0.4, 0.5) is 0 Å². The summed E-state index contributed by atoms with van der Waals surface area (Å²) < 4.78 is 21.9. The molecule has 3 N–H and O–H groups in total. The molecule has 1 saturated heterocycles. The molecule has 8 heteroatoms. The van der Waals surface area contributed by atoms with Crippen molar-refractivity contribution in [2.75, 3.05) is 38.2 Å². The Kier molecular flexibility index (Phi) is 8.92. The Morgan fingerprint density at radius 2 is 2.21 bits per heavy atom. The lowest BCUT2D eigenvalue weighted by Gasteiger charge is -2.20. The Morgan fingerprint density at radius 1 is 1.53 bits per heavy atom.